The summed E-state index contributed by atoms with van der Waals surface area (Å²) in [4.78, 5) is 0. The number of nitrogens with one attached hydrogen (secondary N) is 1. The van der Waals surface area contributed by atoms with E-state index in [0.717, 1.165) is 54.4 Å². The molecule has 1 atom stereocenters. The lowest BCUT2D eigenvalue weighted by Crippen LogP contribution is -2.30. The molecule has 0 saturated carbocycles. The summed E-state index contributed by atoms with van der Waals surface area (Å²) in [6.45, 7) is 3.87. The summed E-state index contributed by atoms with van der Waals surface area (Å²) in [6.07, 6.45) is 4.69. The fourth-order valence-corrected chi connectivity index (χ4v) is 5.30. The molecule has 2 saturated heterocycles. The van der Waals surface area contributed by atoms with Crippen LogP contribution in [-0.2, 0) is 18.3 Å². The lowest BCUT2D eigenvalue weighted by Gasteiger charge is -2.24. The zero-order chi connectivity index (χ0) is 25.4. The number of nitriles is 1. The Morgan fingerprint density at radius 3 is 2.76 bits per heavy atom. The van der Waals surface area contributed by atoms with Crippen molar-refractivity contribution >= 4 is 10.9 Å². The van der Waals surface area contributed by atoms with Gasteiger partial charge in [-0.05, 0) is 61.7 Å². The number of halogens is 1. The van der Waals surface area contributed by atoms with Crippen molar-refractivity contribution in [3.63, 3.8) is 0 Å². The normalized spacial score (nSPS) is 18.4. The zero-order valence-corrected chi connectivity index (χ0v) is 20.8. The smallest absolute Gasteiger partial charge is 0.220 e. The first-order chi connectivity index (χ1) is 18.1. The highest BCUT2D eigenvalue weighted by Crippen LogP contribution is 2.42. The van der Waals surface area contributed by atoms with E-state index in [0.29, 0.717) is 42.8 Å². The van der Waals surface area contributed by atoms with Crippen LogP contribution in [0.15, 0.2) is 42.6 Å². The molecule has 37 heavy (non-hydrogen) atoms. The van der Waals surface area contributed by atoms with Crippen molar-refractivity contribution in [3.8, 4) is 34.3 Å². The van der Waals surface area contributed by atoms with Crippen molar-refractivity contribution in [2.75, 3.05) is 26.3 Å². The van der Waals surface area contributed by atoms with E-state index >= 15 is 0 Å². The minimum atomic E-state index is -0.562. The topological polar surface area (TPSA) is 89.9 Å². The third-order valence-corrected chi connectivity index (χ3v) is 7.36. The third kappa shape index (κ3) is 4.59. The maximum Gasteiger partial charge on any atom is 0.220 e. The average molecular weight is 501 g/mol. The summed E-state index contributed by atoms with van der Waals surface area (Å²) in [6, 6.07) is 12.7. The van der Waals surface area contributed by atoms with E-state index in [1.54, 1.807) is 6.07 Å². The summed E-state index contributed by atoms with van der Waals surface area (Å²) in [5.74, 6) is 0.577. The quantitative estimate of drug-likeness (QED) is 0.425. The molecule has 0 unspecified atom stereocenters. The Labute approximate surface area is 214 Å². The van der Waals surface area contributed by atoms with Gasteiger partial charge >= 0.3 is 0 Å². The number of piperidine rings is 1. The van der Waals surface area contributed by atoms with Crippen LogP contribution in [0.2, 0.25) is 0 Å². The van der Waals surface area contributed by atoms with Crippen LogP contribution in [0.3, 0.4) is 0 Å². The molecule has 2 aromatic carbocycles. The molecule has 2 aliphatic heterocycles. The molecular formula is C28H29FN6O2. The summed E-state index contributed by atoms with van der Waals surface area (Å²) in [5, 5.41) is 23.1. The lowest BCUT2D eigenvalue weighted by atomic mass is 9.98. The van der Waals surface area contributed by atoms with E-state index in [9.17, 15) is 9.65 Å². The molecule has 2 aliphatic rings. The van der Waals surface area contributed by atoms with Gasteiger partial charge < -0.3 is 14.8 Å². The number of hydrogen-bond acceptors (Lipinski definition) is 6. The fourth-order valence-electron chi connectivity index (χ4n) is 5.30. The molecule has 1 N–H and O–H groups in total. The van der Waals surface area contributed by atoms with E-state index in [4.69, 9.17) is 14.6 Å². The molecule has 0 radical (unpaired) electrons. The van der Waals surface area contributed by atoms with Crippen LogP contribution in [0.1, 0.15) is 24.8 Å². The zero-order valence-electron chi connectivity index (χ0n) is 20.8. The molecule has 2 fully saturated rings. The van der Waals surface area contributed by atoms with Crippen LogP contribution in [0, 0.1) is 23.1 Å². The van der Waals surface area contributed by atoms with Gasteiger partial charge in [0.05, 0.1) is 36.1 Å². The summed E-state index contributed by atoms with van der Waals surface area (Å²) >= 11 is 0. The Morgan fingerprint density at radius 1 is 1.16 bits per heavy atom. The van der Waals surface area contributed by atoms with E-state index in [-0.39, 0.29) is 11.7 Å². The van der Waals surface area contributed by atoms with Crippen molar-refractivity contribution in [1.29, 1.82) is 5.26 Å². The van der Waals surface area contributed by atoms with Gasteiger partial charge in [0.2, 0.25) is 5.88 Å². The highest BCUT2D eigenvalue weighted by molar-refractivity contribution is 5.91. The van der Waals surface area contributed by atoms with Gasteiger partial charge in [-0.15, -0.1) is 0 Å². The van der Waals surface area contributed by atoms with Gasteiger partial charge in [-0.25, -0.2) is 9.07 Å². The molecule has 6 rings (SSSR count). The van der Waals surface area contributed by atoms with Crippen molar-refractivity contribution in [2.45, 2.75) is 31.9 Å². The number of hydrogen-bond donors (Lipinski definition) is 1. The van der Waals surface area contributed by atoms with Crippen LogP contribution >= 0.6 is 0 Å². The Balaban J connectivity index is 1.54. The highest BCUT2D eigenvalue weighted by atomic mass is 19.1. The van der Waals surface area contributed by atoms with E-state index < -0.39 is 5.82 Å². The Bertz CT molecular complexity index is 1470. The SMILES string of the molecule is Cn1ncc2cc(-c3c(-c4ccc(C#N)c(F)c4)nn(CC4CCNCC4)c3O[C@H]3CCOC3)ccc21. The molecule has 8 nitrogen and oxygen atoms in total. The van der Waals surface area contributed by atoms with Gasteiger partial charge in [0.1, 0.15) is 23.7 Å². The second-order valence-corrected chi connectivity index (χ2v) is 9.86. The first-order valence-electron chi connectivity index (χ1n) is 12.8. The lowest BCUT2D eigenvalue weighted by molar-refractivity contribution is 0.131. The molecule has 0 bridgehead atoms. The van der Waals surface area contributed by atoms with E-state index in [2.05, 4.69) is 16.5 Å². The van der Waals surface area contributed by atoms with Crippen LogP contribution < -0.4 is 10.1 Å². The average Bonchev–Trinajstić information content (AvgIpc) is 3.65. The summed E-state index contributed by atoms with van der Waals surface area (Å²) in [7, 11) is 1.92. The molecule has 4 heterocycles. The van der Waals surface area contributed by atoms with Crippen molar-refractivity contribution in [3.05, 3.63) is 54.0 Å². The number of ether oxygens (including phenoxy) is 2. The van der Waals surface area contributed by atoms with Crippen molar-refractivity contribution < 1.29 is 13.9 Å². The van der Waals surface area contributed by atoms with E-state index in [1.165, 1.54) is 12.1 Å². The van der Waals surface area contributed by atoms with Gasteiger partial charge in [-0.2, -0.15) is 15.5 Å². The van der Waals surface area contributed by atoms with Gasteiger partial charge in [-0.1, -0.05) is 12.1 Å². The number of aryl methyl sites for hydroxylation is 1. The summed E-state index contributed by atoms with van der Waals surface area (Å²) in [5.41, 5.74) is 4.00. The largest absolute Gasteiger partial charge is 0.472 e. The Morgan fingerprint density at radius 2 is 2.00 bits per heavy atom. The van der Waals surface area contributed by atoms with Crippen LogP contribution in [-0.4, -0.2) is 52.0 Å². The molecular weight excluding hydrogens is 471 g/mol. The molecule has 9 heteroatoms. The maximum absolute atomic E-state index is 14.8. The second kappa shape index (κ2) is 9.96. The number of aromatic nitrogens is 4. The molecule has 0 aliphatic carbocycles. The molecule has 2 aromatic heterocycles. The van der Waals surface area contributed by atoms with Crippen LogP contribution in [0.4, 0.5) is 4.39 Å². The molecule has 0 spiro atoms. The molecule has 0 amide bonds. The number of fused-ring (bicyclic) bond motifs is 1. The number of benzene rings is 2. The first kappa shape index (κ1) is 23.6. The molecule has 4 aromatic rings. The highest BCUT2D eigenvalue weighted by Gasteiger charge is 2.28. The van der Waals surface area contributed by atoms with Gasteiger partial charge in [-0.3, -0.25) is 4.68 Å². The Hall–Kier alpha value is -3.74. The van der Waals surface area contributed by atoms with Gasteiger partial charge in [0.15, 0.2) is 0 Å². The second-order valence-electron chi connectivity index (χ2n) is 9.86. The minimum absolute atomic E-state index is 0.01000. The predicted molar refractivity (Wildman–Crippen MR) is 137 cm³/mol. The predicted octanol–water partition coefficient (Wildman–Crippen LogP) is 4.28. The van der Waals surface area contributed by atoms with E-state index in [1.807, 2.05) is 40.8 Å². The summed E-state index contributed by atoms with van der Waals surface area (Å²) < 4.78 is 30.8. The van der Waals surface area contributed by atoms with Gasteiger partial charge in [0.25, 0.3) is 0 Å². The van der Waals surface area contributed by atoms with Gasteiger partial charge in [0, 0.05) is 31.0 Å². The monoisotopic (exact) mass is 500 g/mol. The standard InChI is InChI=1S/C28H29FN6O2/c1-34-25-5-4-19(12-22(25)15-32-34)26-27(20-2-3-21(14-30)24(29)13-20)33-35(16-18-6-9-31-10-7-18)28(26)37-23-8-11-36-17-23/h2-5,12-13,15,18,23,31H,6-11,16-17H2,1H3/t23-/m0/s1. The van der Waals surface area contributed by atoms with Crippen LogP contribution in [0.25, 0.3) is 33.3 Å². The molecule has 190 valence electrons. The number of rotatable bonds is 6. The third-order valence-electron chi connectivity index (χ3n) is 7.36. The number of nitrogens with zero attached hydrogens (tertiary/aromatic N) is 5. The Kier molecular flexibility index (Phi) is 6.37. The van der Waals surface area contributed by atoms with Crippen molar-refractivity contribution in [2.24, 2.45) is 13.0 Å². The minimum Gasteiger partial charge on any atom is -0.472 e. The first-order valence-corrected chi connectivity index (χ1v) is 12.8. The fraction of sp³-hybridized carbons (Fsp3) is 0.393. The van der Waals surface area contributed by atoms with Crippen molar-refractivity contribution in [1.82, 2.24) is 24.9 Å². The maximum atomic E-state index is 14.8. The van der Waals surface area contributed by atoms with Crippen LogP contribution in [0.5, 0.6) is 5.88 Å².